The Balaban J connectivity index is 12.4. The van der Waals surface area contributed by atoms with Crippen LogP contribution < -0.4 is 0 Å². The molecule has 0 aliphatic rings. The molecule has 310 valence electrons. The van der Waals surface area contributed by atoms with E-state index >= 15 is 0 Å². The average molecular weight is 912 g/mol. The van der Waals surface area contributed by atoms with E-state index in [2.05, 4.69) is 302 Å². The molecule has 77 heteroatoms. The molecule has 0 amide bonds. The minimum atomic E-state index is 0.539. The summed E-state index contributed by atoms with van der Waals surface area (Å²) in [6.45, 7) is 0. The Bertz CT molecular complexity index is 1290. The molecule has 0 aliphatic carbocycles. The second-order valence-electron chi connectivity index (χ2n) is 34.5. The van der Waals surface area contributed by atoms with Gasteiger partial charge >= 0.3 is 0 Å². The van der Waals surface area contributed by atoms with Crippen molar-refractivity contribution in [3.63, 3.8) is 0 Å². The van der Waals surface area contributed by atoms with Gasteiger partial charge in [0.15, 0.2) is 0 Å². The normalized spacial score (nSPS) is 9.77. The van der Waals surface area contributed by atoms with E-state index in [0.717, 1.165) is 0 Å². The Hall–Kier alpha value is 5.00. The third kappa shape index (κ3) is 22.2. The zero-order chi connectivity index (χ0) is 61.1. The van der Waals surface area contributed by atoms with Gasteiger partial charge < -0.3 is 0 Å². The van der Waals surface area contributed by atoms with Gasteiger partial charge in [0.25, 0.3) is 0 Å². The predicted octanol–water partition coefficient (Wildman–Crippen LogP) is -50.5. The molecule has 0 N–H and O–H groups in total. The van der Waals surface area contributed by atoms with Crippen molar-refractivity contribution in [3.05, 3.63) is 0 Å². The van der Waals surface area contributed by atoms with Crippen LogP contribution in [0, 0.1) is 0 Å². The highest BCUT2D eigenvalue weighted by atomic mass is 13.5. The van der Waals surface area contributed by atoms with Crippen LogP contribution >= 0.6 is 0 Å². The van der Waals surface area contributed by atoms with Gasteiger partial charge in [0.1, 0.15) is 0 Å². The fraction of sp³-hybridized carbons (Fsp3) is 0. The molecule has 0 bridgehead atoms. The molecule has 0 fully saturated rings. The van der Waals surface area contributed by atoms with Crippen LogP contribution in [0.25, 0.3) is 0 Å². The molecular formula is H79B77. The lowest BCUT2D eigenvalue weighted by Gasteiger charge is -2.60. The van der Waals surface area contributed by atoms with Gasteiger partial charge in [-0.3, -0.25) is 0 Å². The van der Waals surface area contributed by atoms with E-state index in [1.807, 2.05) is 0 Å². The predicted molar refractivity (Wildman–Crippen MR) is 553 cm³/mol. The topological polar surface area (TPSA) is 0 Å². The van der Waals surface area contributed by atoms with Gasteiger partial charge in [-0.25, -0.2) is 0 Å². The van der Waals surface area contributed by atoms with E-state index < -0.39 is 0 Å². The van der Waals surface area contributed by atoms with Crippen molar-refractivity contribution in [1.82, 2.24) is 0 Å². The monoisotopic (exact) mass is 927 g/mol. The van der Waals surface area contributed by atoms with Crippen LogP contribution in [-0.4, -0.2) is 545 Å². The standard InChI is InChI=1S/B77H79/c1-40-60(41(2)3)70(61(42(4)5)43(6)7)75(71(62(44(8)9)45(10)11)63(46(12)13)47(14)15)77(74(68(56(32)33)57(34)35)69(58(36)37)59(38)39)76(72(64(48(16)17)49(18)19)65(50(20)21)51(22)23)73(66(52(24)25)53(26)27)67(54(28)29)55(30)31/h40H,1-39H2. The Morgan fingerprint density at radius 3 is 0.299 bits per heavy atom. The molecule has 0 rings (SSSR count). The zero-order valence-electron chi connectivity index (χ0n) is 61.1. The van der Waals surface area contributed by atoms with Gasteiger partial charge in [-0.05, 0) is 0 Å². The van der Waals surface area contributed by atoms with Crippen molar-refractivity contribution >= 4 is 545 Å². The van der Waals surface area contributed by atoms with Crippen molar-refractivity contribution in [3.8, 4) is 0 Å². The maximum absolute atomic E-state index is 2.72. The molecule has 0 saturated carbocycles. The largest absolute Gasteiger partial charge is 0.0593 e. The van der Waals surface area contributed by atoms with Gasteiger partial charge in [0.2, 0.25) is 0 Å². The number of hydrogen-bond acceptors (Lipinski definition) is 0. The van der Waals surface area contributed by atoms with Crippen LogP contribution in [0.15, 0.2) is 0 Å². The van der Waals surface area contributed by atoms with Gasteiger partial charge in [0.05, 0.1) is 302 Å². The number of rotatable bonds is 37. The molecule has 0 aromatic rings. The first-order valence-corrected chi connectivity index (χ1v) is 35.1. The highest BCUT2D eigenvalue weighted by Crippen LogP contribution is 2.27. The summed E-state index contributed by atoms with van der Waals surface area (Å²) in [5.74, 6) is 0. The highest BCUT2D eigenvalue weighted by Gasteiger charge is 2.66. The fourth-order valence-electron chi connectivity index (χ4n) is 22.3. The molecule has 77 heavy (non-hydrogen) atoms. The molecule has 0 atom stereocenters. The molecule has 0 aromatic heterocycles. The van der Waals surface area contributed by atoms with Crippen LogP contribution in [0.4, 0.5) is 0 Å². The van der Waals surface area contributed by atoms with E-state index in [9.17, 15) is 0 Å². The third-order valence-corrected chi connectivity index (χ3v) is 22.8. The van der Waals surface area contributed by atoms with Gasteiger partial charge in [-0.1, -0.05) is 0 Å². The lowest BCUT2D eigenvalue weighted by molar-refractivity contribution is 3.14. The average Bonchev–Trinajstić information content (AvgIpc) is 3.20. The minimum Gasteiger partial charge on any atom is 0.00000394 e. The molecule has 0 unspecified atom stereocenters. The Labute approximate surface area is 539 Å². The molecule has 0 nitrogen and oxygen atoms in total. The SMILES string of the molecule is BBB(B(B)B)B(B(B(B)B)B(B)B)B(B(B(B(B)B)B(B)B)B(B(B)B)B(B)B)B(B(B(B(B)B)B(B)B)B(B(B)B)B(B)B)B(B(B(B(B)B)B(B)B)B(B(B)B)B(B)B)B(B(B(B)B)B(B)B)B(B(B)B)B(B)B. The summed E-state index contributed by atoms with van der Waals surface area (Å²) < 4.78 is 0. The van der Waals surface area contributed by atoms with Crippen LogP contribution in [0.3, 0.4) is 0 Å². The van der Waals surface area contributed by atoms with E-state index in [0.29, 0.717) is 236 Å². The Kier molecular flexibility index (Phi) is 40.3. The van der Waals surface area contributed by atoms with Gasteiger partial charge in [-0.15, -0.1) is 0 Å². The molecular weight excluding hydrogens is 833 g/mol. The molecule has 0 saturated heterocycles. The first kappa shape index (κ1) is 82.0. The summed E-state index contributed by atoms with van der Waals surface area (Å²) in [7, 11) is 107. The van der Waals surface area contributed by atoms with Crippen molar-refractivity contribution in [2.45, 2.75) is 0 Å². The molecule has 0 spiro atoms. The maximum atomic E-state index is 2.72. The first-order valence-electron chi connectivity index (χ1n) is 35.1. The van der Waals surface area contributed by atoms with Crippen molar-refractivity contribution in [2.24, 2.45) is 0 Å². The maximum Gasteiger partial charge on any atom is 0.0593 e. The van der Waals surface area contributed by atoms with Crippen molar-refractivity contribution in [2.75, 3.05) is 0 Å². The summed E-state index contributed by atoms with van der Waals surface area (Å²) in [5, 5.41) is 0. The van der Waals surface area contributed by atoms with Gasteiger partial charge in [-0.2, -0.15) is 0 Å². The number of hydrogen-bond donors (Lipinski definition) is 0. The smallest absolute Gasteiger partial charge is 0.00000394 e. The summed E-state index contributed by atoms with van der Waals surface area (Å²) >= 11 is 0. The first-order chi connectivity index (χ1) is 35.1. The van der Waals surface area contributed by atoms with Gasteiger partial charge in [0, 0.05) is 243 Å². The lowest BCUT2D eigenvalue weighted by Crippen LogP contribution is -2.99. The van der Waals surface area contributed by atoms with Crippen LogP contribution in [0.2, 0.25) is 0 Å². The minimum absolute atomic E-state index is 0.539. The summed E-state index contributed by atoms with van der Waals surface area (Å²) in [6, 6.07) is 0. The quantitative estimate of drug-likeness (QED) is 0.0545. The second-order valence-corrected chi connectivity index (χ2v) is 34.5. The molecule has 0 aromatic carbocycles. The molecule has 0 radical (unpaired) electrons. The highest BCUT2D eigenvalue weighted by molar-refractivity contribution is 8.41. The fourth-order valence-corrected chi connectivity index (χ4v) is 22.3. The summed E-state index contributed by atoms with van der Waals surface area (Å²) in [6.07, 6.45) is 22.0. The lowest BCUT2D eigenvalue weighted by atomic mass is 8.20. The second kappa shape index (κ2) is 37.9. The van der Waals surface area contributed by atoms with Crippen LogP contribution in [0.5, 0.6) is 0 Å². The van der Waals surface area contributed by atoms with Crippen molar-refractivity contribution in [1.29, 1.82) is 0 Å². The van der Waals surface area contributed by atoms with Crippen LogP contribution in [-0.2, 0) is 0 Å². The zero-order valence-corrected chi connectivity index (χ0v) is 61.1. The molecule has 0 aliphatic heterocycles. The van der Waals surface area contributed by atoms with Crippen molar-refractivity contribution < 1.29 is 0 Å². The molecule has 0 heterocycles. The summed E-state index contributed by atoms with van der Waals surface area (Å²) in [5.41, 5.74) is 0. The Morgan fingerprint density at radius 1 is 0.117 bits per heavy atom. The van der Waals surface area contributed by atoms with Crippen LogP contribution in [0.1, 0.15) is 0 Å². The summed E-state index contributed by atoms with van der Waals surface area (Å²) in [4.78, 5) is 0. The van der Waals surface area contributed by atoms with E-state index in [-0.39, 0.29) is 0 Å². The van der Waals surface area contributed by atoms with E-state index in [4.69, 9.17) is 0 Å². The third-order valence-electron chi connectivity index (χ3n) is 22.8. The van der Waals surface area contributed by atoms with E-state index in [1.165, 1.54) is 7.06 Å². The van der Waals surface area contributed by atoms with E-state index in [1.54, 1.807) is 0 Å². The Morgan fingerprint density at radius 2 is 0.208 bits per heavy atom.